The lowest BCUT2D eigenvalue weighted by atomic mass is 9.84. The number of carbonyl (C=O) groups excluding carboxylic acids is 1. The predicted molar refractivity (Wildman–Crippen MR) is 81.8 cm³/mol. The standard InChI is InChI=1S/C14H20Cl2N2O/c1-14(2,7-8-17)6-5-13(19)18-12-4-3-10(15)9-11(12)16/h3-4,9H,5-8,17H2,1-2H3,(H,18,19). The van der Waals surface area contributed by atoms with E-state index in [1.165, 1.54) is 0 Å². The molecule has 0 aliphatic rings. The molecule has 106 valence electrons. The lowest BCUT2D eigenvalue weighted by molar-refractivity contribution is -0.116. The van der Waals surface area contributed by atoms with Crippen molar-refractivity contribution in [3.05, 3.63) is 28.2 Å². The van der Waals surface area contributed by atoms with Gasteiger partial charge in [0.25, 0.3) is 0 Å². The second-order valence-electron chi connectivity index (χ2n) is 5.38. The number of hydrogen-bond donors (Lipinski definition) is 2. The van der Waals surface area contributed by atoms with Crippen molar-refractivity contribution in [3.8, 4) is 0 Å². The van der Waals surface area contributed by atoms with Crippen molar-refractivity contribution < 1.29 is 4.79 Å². The molecule has 0 aliphatic heterocycles. The number of amides is 1. The summed E-state index contributed by atoms with van der Waals surface area (Å²) in [6.07, 6.45) is 2.15. The van der Waals surface area contributed by atoms with Gasteiger partial charge in [-0.3, -0.25) is 4.79 Å². The minimum atomic E-state index is -0.0469. The molecule has 5 heteroatoms. The molecule has 0 aliphatic carbocycles. The summed E-state index contributed by atoms with van der Waals surface area (Å²) in [4.78, 5) is 11.9. The quantitative estimate of drug-likeness (QED) is 0.831. The maximum absolute atomic E-state index is 11.9. The van der Waals surface area contributed by atoms with Crippen LogP contribution in [0, 0.1) is 5.41 Å². The van der Waals surface area contributed by atoms with Crippen molar-refractivity contribution >= 4 is 34.8 Å². The molecule has 1 rings (SSSR count). The molecule has 0 heterocycles. The predicted octanol–water partition coefficient (Wildman–Crippen LogP) is 4.09. The van der Waals surface area contributed by atoms with Gasteiger partial charge in [0.1, 0.15) is 0 Å². The molecule has 1 aromatic carbocycles. The van der Waals surface area contributed by atoms with Gasteiger partial charge in [0.2, 0.25) is 5.91 Å². The Morgan fingerprint density at radius 2 is 2.00 bits per heavy atom. The van der Waals surface area contributed by atoms with Crippen LogP contribution in [0.4, 0.5) is 5.69 Å². The van der Waals surface area contributed by atoms with Gasteiger partial charge in [0.05, 0.1) is 10.7 Å². The lowest BCUT2D eigenvalue weighted by Crippen LogP contribution is -2.20. The molecule has 19 heavy (non-hydrogen) atoms. The first-order valence-corrected chi connectivity index (χ1v) is 7.04. The van der Waals surface area contributed by atoms with Gasteiger partial charge in [0.15, 0.2) is 0 Å². The van der Waals surface area contributed by atoms with E-state index in [0.29, 0.717) is 28.7 Å². The Hall–Kier alpha value is -0.770. The molecule has 0 spiro atoms. The van der Waals surface area contributed by atoms with Crippen molar-refractivity contribution in [2.75, 3.05) is 11.9 Å². The topological polar surface area (TPSA) is 55.1 Å². The van der Waals surface area contributed by atoms with Crippen LogP contribution in [0.3, 0.4) is 0 Å². The van der Waals surface area contributed by atoms with Crippen molar-refractivity contribution in [3.63, 3.8) is 0 Å². The summed E-state index contributed by atoms with van der Waals surface area (Å²) in [5, 5.41) is 3.79. The summed E-state index contributed by atoms with van der Waals surface area (Å²) in [7, 11) is 0. The van der Waals surface area contributed by atoms with E-state index in [1.54, 1.807) is 18.2 Å². The van der Waals surface area contributed by atoms with Gasteiger partial charge in [-0.05, 0) is 43.0 Å². The minimum absolute atomic E-state index is 0.0469. The first-order chi connectivity index (χ1) is 8.84. The Labute approximate surface area is 124 Å². The fourth-order valence-electron chi connectivity index (χ4n) is 1.77. The van der Waals surface area contributed by atoms with Crippen LogP contribution >= 0.6 is 23.2 Å². The zero-order chi connectivity index (χ0) is 14.5. The molecule has 0 atom stereocenters. The van der Waals surface area contributed by atoms with Crippen LogP contribution in [0.2, 0.25) is 10.0 Å². The van der Waals surface area contributed by atoms with Crippen LogP contribution < -0.4 is 11.1 Å². The molecule has 0 aromatic heterocycles. The van der Waals surface area contributed by atoms with Crippen LogP contribution in [0.1, 0.15) is 33.1 Å². The Kier molecular flexibility index (Phi) is 6.11. The van der Waals surface area contributed by atoms with E-state index in [0.717, 1.165) is 12.8 Å². The molecular weight excluding hydrogens is 283 g/mol. The van der Waals surface area contributed by atoms with Crippen molar-refractivity contribution in [2.24, 2.45) is 11.1 Å². The van der Waals surface area contributed by atoms with E-state index >= 15 is 0 Å². The Morgan fingerprint density at radius 3 is 2.58 bits per heavy atom. The Morgan fingerprint density at radius 1 is 1.32 bits per heavy atom. The van der Waals surface area contributed by atoms with Crippen molar-refractivity contribution in [2.45, 2.75) is 33.1 Å². The molecule has 1 aromatic rings. The largest absolute Gasteiger partial charge is 0.330 e. The van der Waals surface area contributed by atoms with Gasteiger partial charge in [-0.2, -0.15) is 0 Å². The van der Waals surface area contributed by atoms with Gasteiger partial charge >= 0.3 is 0 Å². The maximum Gasteiger partial charge on any atom is 0.224 e. The van der Waals surface area contributed by atoms with E-state index in [-0.39, 0.29) is 11.3 Å². The summed E-state index contributed by atoms with van der Waals surface area (Å²) in [5.74, 6) is -0.0469. The number of halogens is 2. The molecule has 1 amide bonds. The number of nitrogens with two attached hydrogens (primary N) is 1. The maximum atomic E-state index is 11.9. The zero-order valence-electron chi connectivity index (χ0n) is 11.3. The number of carbonyl (C=O) groups is 1. The number of nitrogens with one attached hydrogen (secondary N) is 1. The first kappa shape index (κ1) is 16.3. The molecule has 3 nitrogen and oxygen atoms in total. The molecule has 0 fully saturated rings. The van der Waals surface area contributed by atoms with Gasteiger partial charge in [0, 0.05) is 11.4 Å². The highest BCUT2D eigenvalue weighted by atomic mass is 35.5. The highest BCUT2D eigenvalue weighted by Crippen LogP contribution is 2.28. The minimum Gasteiger partial charge on any atom is -0.330 e. The third-order valence-corrected chi connectivity index (χ3v) is 3.60. The van der Waals surface area contributed by atoms with E-state index in [4.69, 9.17) is 28.9 Å². The summed E-state index contributed by atoms with van der Waals surface area (Å²) >= 11 is 11.8. The van der Waals surface area contributed by atoms with Crippen LogP contribution in [0.25, 0.3) is 0 Å². The van der Waals surface area contributed by atoms with E-state index in [1.807, 2.05) is 0 Å². The normalized spacial score (nSPS) is 11.4. The number of anilines is 1. The molecule has 0 radical (unpaired) electrons. The summed E-state index contributed by atoms with van der Waals surface area (Å²) in [6, 6.07) is 5.01. The molecule has 0 bridgehead atoms. The second-order valence-corrected chi connectivity index (χ2v) is 6.22. The monoisotopic (exact) mass is 302 g/mol. The molecule has 3 N–H and O–H groups in total. The van der Waals surface area contributed by atoms with Gasteiger partial charge in [-0.1, -0.05) is 37.0 Å². The Balaban J connectivity index is 2.52. The number of benzene rings is 1. The molecule has 0 unspecified atom stereocenters. The highest BCUT2D eigenvalue weighted by molar-refractivity contribution is 6.36. The average Bonchev–Trinajstić information content (AvgIpc) is 2.30. The summed E-state index contributed by atoms with van der Waals surface area (Å²) in [6.45, 7) is 4.86. The Bertz CT molecular complexity index is 447. The van der Waals surface area contributed by atoms with Crippen molar-refractivity contribution in [1.82, 2.24) is 0 Å². The molecule has 0 saturated heterocycles. The van der Waals surface area contributed by atoms with E-state index in [9.17, 15) is 4.79 Å². The van der Waals surface area contributed by atoms with Gasteiger partial charge < -0.3 is 11.1 Å². The lowest BCUT2D eigenvalue weighted by Gasteiger charge is -2.23. The van der Waals surface area contributed by atoms with Gasteiger partial charge in [-0.25, -0.2) is 0 Å². The smallest absolute Gasteiger partial charge is 0.224 e. The fourth-order valence-corrected chi connectivity index (χ4v) is 2.23. The van der Waals surface area contributed by atoms with Gasteiger partial charge in [-0.15, -0.1) is 0 Å². The van der Waals surface area contributed by atoms with E-state index < -0.39 is 0 Å². The number of hydrogen-bond acceptors (Lipinski definition) is 2. The van der Waals surface area contributed by atoms with Crippen LogP contribution in [0.15, 0.2) is 18.2 Å². The SMILES string of the molecule is CC(C)(CCN)CCC(=O)Nc1ccc(Cl)cc1Cl. The van der Waals surface area contributed by atoms with Crippen LogP contribution in [0.5, 0.6) is 0 Å². The molecular formula is C14H20Cl2N2O. The third-order valence-electron chi connectivity index (χ3n) is 3.06. The highest BCUT2D eigenvalue weighted by Gasteiger charge is 2.18. The average molecular weight is 303 g/mol. The molecule has 0 saturated carbocycles. The second kappa shape index (κ2) is 7.13. The summed E-state index contributed by atoms with van der Waals surface area (Å²) < 4.78 is 0. The first-order valence-electron chi connectivity index (χ1n) is 6.29. The zero-order valence-corrected chi connectivity index (χ0v) is 12.8. The summed E-state index contributed by atoms with van der Waals surface area (Å²) in [5.41, 5.74) is 6.22. The third kappa shape index (κ3) is 5.81. The van der Waals surface area contributed by atoms with Crippen LogP contribution in [-0.2, 0) is 4.79 Å². The van der Waals surface area contributed by atoms with Crippen LogP contribution in [-0.4, -0.2) is 12.5 Å². The van der Waals surface area contributed by atoms with Crippen molar-refractivity contribution in [1.29, 1.82) is 0 Å². The van der Waals surface area contributed by atoms with E-state index in [2.05, 4.69) is 19.2 Å². The fraction of sp³-hybridized carbons (Fsp3) is 0.500. The number of rotatable bonds is 6.